The molecule has 5 rings (SSSR count). The molecule has 1 aliphatic heterocycles. The van der Waals surface area contributed by atoms with Gasteiger partial charge in [0.15, 0.2) is 0 Å². The van der Waals surface area contributed by atoms with E-state index in [4.69, 9.17) is 4.74 Å². The fraction of sp³-hybridized carbons (Fsp3) is 0.267. The second-order valence-electron chi connectivity index (χ2n) is 9.13. The highest BCUT2D eigenvalue weighted by atomic mass is 16.5. The Morgan fingerprint density at radius 3 is 2.50 bits per heavy atom. The first-order valence-electron chi connectivity index (χ1n) is 12.0. The van der Waals surface area contributed by atoms with Gasteiger partial charge in [0.2, 0.25) is 0 Å². The summed E-state index contributed by atoms with van der Waals surface area (Å²) < 4.78 is 5.28. The van der Waals surface area contributed by atoms with Crippen molar-refractivity contribution in [2.24, 2.45) is 5.92 Å². The minimum Gasteiger partial charge on any atom is -0.497 e. The van der Waals surface area contributed by atoms with E-state index in [-0.39, 0.29) is 5.91 Å². The standard InChI is InChI=1S/C30H30N2O2/c1-21-26(23-10-12-25(34-2)13-11-23)7-5-8-27(21)30(33)32-18-15-22(16-19-32)20-24-14-17-31-29-9-4-3-6-28(24)29/h3-14,17,22H,15-16,18-20H2,1-2H3. The van der Waals surface area contributed by atoms with Crippen LogP contribution in [0.5, 0.6) is 5.75 Å². The summed E-state index contributed by atoms with van der Waals surface area (Å²) in [5.74, 6) is 1.55. The number of aromatic nitrogens is 1. The summed E-state index contributed by atoms with van der Waals surface area (Å²) in [7, 11) is 1.67. The molecule has 0 bridgehead atoms. The Kier molecular flexibility index (Phi) is 6.31. The van der Waals surface area contributed by atoms with Crippen molar-refractivity contribution in [2.45, 2.75) is 26.2 Å². The van der Waals surface area contributed by atoms with Crippen molar-refractivity contribution < 1.29 is 9.53 Å². The lowest BCUT2D eigenvalue weighted by molar-refractivity contribution is 0.0690. The minimum absolute atomic E-state index is 0.140. The first-order valence-corrected chi connectivity index (χ1v) is 12.0. The van der Waals surface area contributed by atoms with Gasteiger partial charge in [0.25, 0.3) is 5.91 Å². The highest BCUT2D eigenvalue weighted by Gasteiger charge is 2.25. The van der Waals surface area contributed by atoms with Gasteiger partial charge in [-0.15, -0.1) is 0 Å². The highest BCUT2D eigenvalue weighted by Crippen LogP contribution is 2.30. The number of likely N-dealkylation sites (tertiary alicyclic amines) is 1. The highest BCUT2D eigenvalue weighted by molar-refractivity contribution is 5.97. The van der Waals surface area contributed by atoms with Crippen LogP contribution in [-0.4, -0.2) is 36.0 Å². The molecular weight excluding hydrogens is 420 g/mol. The smallest absolute Gasteiger partial charge is 0.254 e. The van der Waals surface area contributed by atoms with E-state index in [1.807, 2.05) is 60.5 Å². The lowest BCUT2D eigenvalue weighted by Gasteiger charge is -2.32. The summed E-state index contributed by atoms with van der Waals surface area (Å²) in [6, 6.07) is 24.5. The van der Waals surface area contributed by atoms with E-state index in [1.54, 1.807) is 7.11 Å². The molecule has 3 aromatic carbocycles. The average Bonchev–Trinajstić information content (AvgIpc) is 2.89. The monoisotopic (exact) mass is 450 g/mol. The summed E-state index contributed by atoms with van der Waals surface area (Å²) in [4.78, 5) is 20.0. The van der Waals surface area contributed by atoms with E-state index in [0.717, 1.165) is 65.9 Å². The van der Waals surface area contributed by atoms with Gasteiger partial charge in [0, 0.05) is 30.2 Å². The van der Waals surface area contributed by atoms with Crippen LogP contribution in [0.15, 0.2) is 79.0 Å². The van der Waals surface area contributed by atoms with Crippen LogP contribution in [0.4, 0.5) is 0 Å². The summed E-state index contributed by atoms with van der Waals surface area (Å²) in [5.41, 5.74) is 6.43. The Morgan fingerprint density at radius 2 is 1.74 bits per heavy atom. The first kappa shape index (κ1) is 22.1. The predicted octanol–water partition coefficient (Wildman–Crippen LogP) is 6.31. The molecule has 1 saturated heterocycles. The van der Waals surface area contributed by atoms with Gasteiger partial charge in [-0.1, -0.05) is 42.5 Å². The number of methoxy groups -OCH3 is 1. The van der Waals surface area contributed by atoms with Crippen molar-refractivity contribution in [3.8, 4) is 16.9 Å². The molecule has 34 heavy (non-hydrogen) atoms. The van der Waals surface area contributed by atoms with Crippen LogP contribution in [0, 0.1) is 12.8 Å². The maximum absolute atomic E-state index is 13.4. The van der Waals surface area contributed by atoms with Crippen LogP contribution >= 0.6 is 0 Å². The third kappa shape index (κ3) is 4.41. The molecule has 0 aliphatic carbocycles. The van der Waals surface area contributed by atoms with Gasteiger partial charge in [-0.05, 0) is 84.7 Å². The predicted molar refractivity (Wildman–Crippen MR) is 137 cm³/mol. The van der Waals surface area contributed by atoms with Gasteiger partial charge in [-0.3, -0.25) is 9.78 Å². The Balaban J connectivity index is 1.27. The molecule has 0 N–H and O–H groups in total. The number of benzene rings is 3. The second-order valence-corrected chi connectivity index (χ2v) is 9.13. The number of pyridine rings is 1. The summed E-state index contributed by atoms with van der Waals surface area (Å²) >= 11 is 0. The zero-order valence-electron chi connectivity index (χ0n) is 19.8. The SMILES string of the molecule is COc1ccc(-c2cccc(C(=O)N3CCC(Cc4ccnc5ccccc45)CC3)c2C)cc1. The number of hydrogen-bond acceptors (Lipinski definition) is 3. The molecule has 4 nitrogen and oxygen atoms in total. The van der Waals surface area contributed by atoms with Gasteiger partial charge in [-0.2, -0.15) is 0 Å². The average molecular weight is 451 g/mol. The van der Waals surface area contributed by atoms with E-state index in [2.05, 4.69) is 35.3 Å². The maximum Gasteiger partial charge on any atom is 0.254 e. The number of rotatable bonds is 5. The molecule has 1 fully saturated rings. The molecule has 4 heteroatoms. The number of carbonyl (C=O) groups is 1. The van der Waals surface area contributed by atoms with Gasteiger partial charge >= 0.3 is 0 Å². The molecule has 2 heterocycles. The third-order valence-corrected chi connectivity index (χ3v) is 7.11. The van der Waals surface area contributed by atoms with Crippen molar-refractivity contribution in [3.05, 3.63) is 95.7 Å². The molecule has 1 amide bonds. The molecule has 0 saturated carbocycles. The van der Waals surface area contributed by atoms with Crippen LogP contribution < -0.4 is 4.74 Å². The quantitative estimate of drug-likeness (QED) is 0.358. The van der Waals surface area contributed by atoms with Gasteiger partial charge < -0.3 is 9.64 Å². The van der Waals surface area contributed by atoms with Crippen molar-refractivity contribution >= 4 is 16.8 Å². The molecule has 0 radical (unpaired) electrons. The number of piperidine rings is 1. The Hall–Kier alpha value is -3.66. The molecule has 1 aromatic heterocycles. The fourth-order valence-corrected chi connectivity index (χ4v) is 5.11. The lowest BCUT2D eigenvalue weighted by atomic mass is 9.88. The largest absolute Gasteiger partial charge is 0.497 e. The molecule has 0 spiro atoms. The van der Waals surface area contributed by atoms with E-state index in [1.165, 1.54) is 10.9 Å². The van der Waals surface area contributed by atoms with E-state index >= 15 is 0 Å². The fourth-order valence-electron chi connectivity index (χ4n) is 5.11. The molecule has 1 aliphatic rings. The molecule has 0 atom stereocenters. The van der Waals surface area contributed by atoms with Gasteiger partial charge in [0.1, 0.15) is 5.75 Å². The first-order chi connectivity index (χ1) is 16.6. The number of fused-ring (bicyclic) bond motifs is 1. The van der Waals surface area contributed by atoms with E-state index < -0.39 is 0 Å². The number of para-hydroxylation sites is 1. The summed E-state index contributed by atoms with van der Waals surface area (Å²) in [6.07, 6.45) is 5.01. The molecule has 172 valence electrons. The second kappa shape index (κ2) is 9.68. The van der Waals surface area contributed by atoms with E-state index in [0.29, 0.717) is 5.92 Å². The van der Waals surface area contributed by atoms with Crippen LogP contribution in [-0.2, 0) is 6.42 Å². The number of nitrogens with zero attached hydrogens (tertiary/aromatic N) is 2. The van der Waals surface area contributed by atoms with Crippen molar-refractivity contribution in [2.75, 3.05) is 20.2 Å². The van der Waals surface area contributed by atoms with E-state index in [9.17, 15) is 4.79 Å². The zero-order chi connectivity index (χ0) is 23.5. The van der Waals surface area contributed by atoms with Gasteiger partial charge in [-0.25, -0.2) is 0 Å². The van der Waals surface area contributed by atoms with Gasteiger partial charge in [0.05, 0.1) is 12.6 Å². The molecule has 4 aromatic rings. The molecular formula is C30H30N2O2. The number of carbonyl (C=O) groups excluding carboxylic acids is 1. The topological polar surface area (TPSA) is 42.4 Å². The normalized spacial score (nSPS) is 14.4. The van der Waals surface area contributed by atoms with Crippen molar-refractivity contribution in [1.29, 1.82) is 0 Å². The summed E-state index contributed by atoms with van der Waals surface area (Å²) in [5, 5.41) is 1.24. The van der Waals surface area contributed by atoms with Crippen LogP contribution in [0.25, 0.3) is 22.0 Å². The number of hydrogen-bond donors (Lipinski definition) is 0. The minimum atomic E-state index is 0.140. The van der Waals surface area contributed by atoms with Crippen LogP contribution in [0.1, 0.15) is 34.3 Å². The number of amides is 1. The van der Waals surface area contributed by atoms with Crippen molar-refractivity contribution in [3.63, 3.8) is 0 Å². The lowest BCUT2D eigenvalue weighted by Crippen LogP contribution is -2.39. The molecule has 0 unspecified atom stereocenters. The van der Waals surface area contributed by atoms with Crippen LogP contribution in [0.2, 0.25) is 0 Å². The Morgan fingerprint density at radius 1 is 0.971 bits per heavy atom. The third-order valence-electron chi connectivity index (χ3n) is 7.11. The van der Waals surface area contributed by atoms with Crippen LogP contribution in [0.3, 0.4) is 0 Å². The number of ether oxygens (including phenoxy) is 1. The Labute approximate surface area is 201 Å². The maximum atomic E-state index is 13.4. The zero-order valence-corrected chi connectivity index (χ0v) is 19.8. The summed E-state index contributed by atoms with van der Waals surface area (Å²) in [6.45, 7) is 3.66. The Bertz CT molecular complexity index is 1300. The van der Waals surface area contributed by atoms with Crippen molar-refractivity contribution in [1.82, 2.24) is 9.88 Å².